The minimum Gasteiger partial charge on any atom is -0.457 e. The lowest BCUT2D eigenvalue weighted by atomic mass is 9.53. The molecule has 0 N–H and O–H groups in total. The lowest BCUT2D eigenvalue weighted by molar-refractivity contribution is 0.436. The summed E-state index contributed by atoms with van der Waals surface area (Å²) in [6.45, 7) is 12.6. The van der Waals surface area contributed by atoms with Crippen LogP contribution in [0.15, 0.2) is 60.7 Å². The SMILES string of the molecule is CCN(CC)c1ccc2c(c1)Oc1cc(N(CC)CC)ccc1C21C(=C=S)c2ccccc21. The molecule has 0 bridgehead atoms. The Morgan fingerprint density at radius 2 is 1.24 bits per heavy atom. The van der Waals surface area contributed by atoms with Crippen molar-refractivity contribution in [2.45, 2.75) is 33.1 Å². The number of ether oxygens (including phenoxy) is 1. The monoisotopic (exact) mass is 454 g/mol. The van der Waals surface area contributed by atoms with Gasteiger partial charge in [0.1, 0.15) is 11.5 Å². The molecule has 3 aromatic carbocycles. The van der Waals surface area contributed by atoms with E-state index in [0.717, 1.165) is 54.4 Å². The lowest BCUT2D eigenvalue weighted by Crippen LogP contribution is -2.42. The Morgan fingerprint density at radius 1 is 0.727 bits per heavy atom. The van der Waals surface area contributed by atoms with Gasteiger partial charge in [-0.25, -0.2) is 0 Å². The number of hydrogen-bond acceptors (Lipinski definition) is 4. The van der Waals surface area contributed by atoms with Crippen LogP contribution in [0.1, 0.15) is 49.9 Å². The summed E-state index contributed by atoms with van der Waals surface area (Å²) in [4.78, 5) is 4.70. The van der Waals surface area contributed by atoms with Crippen LogP contribution in [0.25, 0.3) is 5.57 Å². The van der Waals surface area contributed by atoms with Gasteiger partial charge in [-0.3, -0.25) is 0 Å². The Hall–Kier alpha value is -3.07. The van der Waals surface area contributed by atoms with Crippen molar-refractivity contribution in [2.24, 2.45) is 0 Å². The molecule has 0 unspecified atom stereocenters. The van der Waals surface area contributed by atoms with E-state index in [1.807, 2.05) is 0 Å². The fourth-order valence-electron chi connectivity index (χ4n) is 5.64. The van der Waals surface area contributed by atoms with E-state index in [2.05, 4.69) is 103 Å². The Balaban J connectivity index is 1.78. The van der Waals surface area contributed by atoms with E-state index in [0.29, 0.717) is 0 Å². The zero-order valence-corrected chi connectivity index (χ0v) is 20.6. The normalized spacial score (nSPS) is 14.4. The van der Waals surface area contributed by atoms with Crippen LogP contribution in [0.4, 0.5) is 11.4 Å². The number of allylic oxidation sites excluding steroid dienone is 1. The van der Waals surface area contributed by atoms with Gasteiger partial charge in [-0.05, 0) is 68.2 Å². The van der Waals surface area contributed by atoms with Crippen LogP contribution >= 0.6 is 12.2 Å². The van der Waals surface area contributed by atoms with Crippen molar-refractivity contribution < 1.29 is 4.74 Å². The minimum absolute atomic E-state index is 0.440. The molecule has 0 aromatic heterocycles. The van der Waals surface area contributed by atoms with E-state index in [-0.39, 0.29) is 0 Å². The summed E-state index contributed by atoms with van der Waals surface area (Å²) in [6.07, 6.45) is 0. The quantitative estimate of drug-likeness (QED) is 0.380. The largest absolute Gasteiger partial charge is 0.457 e. The molecule has 0 saturated heterocycles. The van der Waals surface area contributed by atoms with Gasteiger partial charge in [0.15, 0.2) is 0 Å². The highest BCUT2D eigenvalue weighted by atomic mass is 32.1. The summed E-state index contributed by atoms with van der Waals surface area (Å²) in [5.74, 6) is 1.81. The molecule has 0 radical (unpaired) electrons. The molecule has 33 heavy (non-hydrogen) atoms. The van der Waals surface area contributed by atoms with Gasteiger partial charge in [-0.1, -0.05) is 36.4 Å². The van der Waals surface area contributed by atoms with E-state index in [1.165, 1.54) is 22.5 Å². The molecule has 168 valence electrons. The maximum atomic E-state index is 6.65. The summed E-state index contributed by atoms with van der Waals surface area (Å²) in [6, 6.07) is 21.8. The van der Waals surface area contributed by atoms with Crippen LogP contribution in [-0.4, -0.2) is 31.2 Å². The topological polar surface area (TPSA) is 15.7 Å². The number of nitrogens with zero attached hydrogens (tertiary/aromatic N) is 2. The van der Waals surface area contributed by atoms with E-state index >= 15 is 0 Å². The first kappa shape index (κ1) is 21.8. The number of fused-ring (bicyclic) bond motifs is 6. The summed E-state index contributed by atoms with van der Waals surface area (Å²) in [7, 11) is 0. The van der Waals surface area contributed by atoms with E-state index in [1.54, 1.807) is 0 Å². The third-order valence-electron chi connectivity index (χ3n) is 7.29. The van der Waals surface area contributed by atoms with Crippen molar-refractivity contribution in [3.8, 4) is 11.5 Å². The molecule has 1 aliphatic heterocycles. The fraction of sp³-hybridized carbons (Fsp3) is 0.310. The van der Waals surface area contributed by atoms with Crippen molar-refractivity contribution in [3.63, 3.8) is 0 Å². The molecule has 0 fully saturated rings. The lowest BCUT2D eigenvalue weighted by Gasteiger charge is -2.49. The fourth-order valence-corrected chi connectivity index (χ4v) is 5.90. The second-order valence-corrected chi connectivity index (χ2v) is 8.78. The molecule has 2 aliphatic rings. The molecule has 1 spiro atoms. The summed E-state index contributed by atoms with van der Waals surface area (Å²) in [5.41, 5.74) is 7.73. The Morgan fingerprint density at radius 3 is 1.73 bits per heavy atom. The van der Waals surface area contributed by atoms with Gasteiger partial charge in [0.2, 0.25) is 0 Å². The zero-order chi connectivity index (χ0) is 23.2. The zero-order valence-electron chi connectivity index (χ0n) is 19.8. The highest BCUT2D eigenvalue weighted by molar-refractivity contribution is 7.78. The third kappa shape index (κ3) is 2.98. The van der Waals surface area contributed by atoms with Crippen LogP contribution in [0, 0.1) is 0 Å². The summed E-state index contributed by atoms with van der Waals surface area (Å²) >= 11 is 5.48. The smallest absolute Gasteiger partial charge is 0.134 e. The number of anilines is 2. The maximum Gasteiger partial charge on any atom is 0.134 e. The highest BCUT2D eigenvalue weighted by Crippen LogP contribution is 2.64. The molecule has 0 atom stereocenters. The predicted octanol–water partition coefficient (Wildman–Crippen LogP) is 6.81. The molecule has 4 heteroatoms. The standard InChI is InChI=1S/C29H30N2OS/c1-5-30(6-2)20-13-15-24-27(17-20)32-28-18-21(31(7-3)8-4)14-16-25(28)29(24)23-12-10-9-11-22(23)26(29)19-33/h9-18H,5-8H2,1-4H3. The third-order valence-corrected chi connectivity index (χ3v) is 7.50. The van der Waals surface area contributed by atoms with Crippen LogP contribution < -0.4 is 14.5 Å². The minimum atomic E-state index is -0.440. The second kappa shape index (κ2) is 8.37. The van der Waals surface area contributed by atoms with Crippen LogP contribution in [0.2, 0.25) is 0 Å². The van der Waals surface area contributed by atoms with E-state index in [9.17, 15) is 0 Å². The van der Waals surface area contributed by atoms with Gasteiger partial charge in [-0.15, -0.1) is 0 Å². The van der Waals surface area contributed by atoms with Gasteiger partial charge in [-0.2, -0.15) is 0 Å². The van der Waals surface area contributed by atoms with Gasteiger partial charge >= 0.3 is 0 Å². The average Bonchev–Trinajstić information content (AvgIpc) is 2.84. The first-order valence-corrected chi connectivity index (χ1v) is 12.4. The van der Waals surface area contributed by atoms with Crippen LogP contribution in [-0.2, 0) is 5.41 Å². The van der Waals surface area contributed by atoms with Gasteiger partial charge in [0, 0.05) is 66.4 Å². The number of benzene rings is 3. The van der Waals surface area contributed by atoms with Crippen molar-refractivity contribution in [1.29, 1.82) is 0 Å². The molecular formula is C29H30N2OS. The maximum absolute atomic E-state index is 6.65. The van der Waals surface area contributed by atoms with Crippen molar-refractivity contribution >= 4 is 34.2 Å². The molecule has 0 amide bonds. The van der Waals surface area contributed by atoms with E-state index < -0.39 is 5.41 Å². The summed E-state index contributed by atoms with van der Waals surface area (Å²) < 4.78 is 6.65. The first-order valence-electron chi connectivity index (χ1n) is 12.0. The number of thiocarbonyl (C=S) groups is 1. The first-order chi connectivity index (χ1) is 16.1. The summed E-state index contributed by atoms with van der Waals surface area (Å²) in [5, 5.41) is 3.14. The molecule has 3 nitrogen and oxygen atoms in total. The Labute approximate surface area is 202 Å². The molecule has 5 rings (SSSR count). The molecule has 0 saturated carbocycles. The number of rotatable bonds is 6. The van der Waals surface area contributed by atoms with Gasteiger partial charge in [0.05, 0.1) is 5.41 Å². The van der Waals surface area contributed by atoms with Crippen LogP contribution in [0.3, 0.4) is 0 Å². The Kier molecular flexibility index (Phi) is 5.52. The molecular weight excluding hydrogens is 424 g/mol. The second-order valence-electron chi connectivity index (χ2n) is 8.58. The molecule has 3 aromatic rings. The van der Waals surface area contributed by atoms with Gasteiger partial charge in [0.25, 0.3) is 0 Å². The highest BCUT2D eigenvalue weighted by Gasteiger charge is 2.55. The van der Waals surface area contributed by atoms with Crippen molar-refractivity contribution in [1.82, 2.24) is 0 Å². The van der Waals surface area contributed by atoms with E-state index in [4.69, 9.17) is 17.0 Å². The number of hydrogen-bond donors (Lipinski definition) is 0. The Bertz CT molecular complexity index is 1200. The van der Waals surface area contributed by atoms with Crippen LogP contribution in [0.5, 0.6) is 11.5 Å². The van der Waals surface area contributed by atoms with Crippen molar-refractivity contribution in [3.05, 3.63) is 82.9 Å². The molecule has 1 aliphatic carbocycles. The van der Waals surface area contributed by atoms with Gasteiger partial charge < -0.3 is 14.5 Å². The average molecular weight is 455 g/mol. The predicted molar refractivity (Wildman–Crippen MR) is 142 cm³/mol. The van der Waals surface area contributed by atoms with Crippen molar-refractivity contribution in [2.75, 3.05) is 36.0 Å². The molecule has 1 heterocycles.